The van der Waals surface area contributed by atoms with E-state index in [1.807, 2.05) is 0 Å². The average Bonchev–Trinajstić information content (AvgIpc) is 2.40. The van der Waals surface area contributed by atoms with Crippen molar-refractivity contribution in [2.24, 2.45) is 0 Å². The van der Waals surface area contributed by atoms with E-state index in [2.05, 4.69) is 21.2 Å². The minimum absolute atomic E-state index is 0.0433. The number of nitrogens with one attached hydrogen (secondary N) is 1. The Balaban J connectivity index is 2.09. The number of nitrogens with zero attached hydrogens (tertiary/aromatic N) is 1. The summed E-state index contributed by atoms with van der Waals surface area (Å²) in [4.78, 5) is 33.4. The molecule has 106 valence electrons. The zero-order chi connectivity index (χ0) is 14.7. The van der Waals surface area contributed by atoms with Gasteiger partial charge in [-0.3, -0.25) is 19.7 Å². The van der Waals surface area contributed by atoms with Gasteiger partial charge in [-0.2, -0.15) is 0 Å². The highest BCUT2D eigenvalue weighted by molar-refractivity contribution is 9.10. The molecule has 0 radical (unpaired) electrons. The summed E-state index contributed by atoms with van der Waals surface area (Å²) in [5.74, 6) is -0.137. The number of carbonyl (C=O) groups excluding carboxylic acids is 2. The molecule has 0 atom stereocenters. The predicted octanol–water partition coefficient (Wildman–Crippen LogP) is 2.60. The fourth-order valence-electron chi connectivity index (χ4n) is 2.16. The van der Waals surface area contributed by atoms with Crippen molar-refractivity contribution in [3.8, 4) is 0 Å². The maximum Gasteiger partial charge on any atom is 0.271 e. The van der Waals surface area contributed by atoms with Crippen LogP contribution in [0.3, 0.4) is 0 Å². The number of ketones is 1. The summed E-state index contributed by atoms with van der Waals surface area (Å²) in [6, 6.07) is 4.08. The van der Waals surface area contributed by atoms with Gasteiger partial charge in [-0.05, 0) is 18.9 Å². The molecule has 0 bridgehead atoms. The molecule has 1 aromatic rings. The largest absolute Gasteiger partial charge is 0.349 e. The van der Waals surface area contributed by atoms with Gasteiger partial charge in [0.1, 0.15) is 5.78 Å². The normalized spacial score (nSPS) is 15.9. The minimum Gasteiger partial charge on any atom is -0.349 e. The van der Waals surface area contributed by atoms with Crippen molar-refractivity contribution in [1.82, 2.24) is 5.32 Å². The molecular weight excluding hydrogens is 328 g/mol. The number of benzene rings is 1. The highest BCUT2D eigenvalue weighted by atomic mass is 79.9. The molecule has 1 amide bonds. The third kappa shape index (κ3) is 3.63. The third-order valence-electron chi connectivity index (χ3n) is 3.23. The van der Waals surface area contributed by atoms with Crippen LogP contribution in [0.25, 0.3) is 0 Å². The van der Waals surface area contributed by atoms with Crippen molar-refractivity contribution in [3.63, 3.8) is 0 Å². The van der Waals surface area contributed by atoms with Gasteiger partial charge < -0.3 is 5.32 Å². The average molecular weight is 341 g/mol. The standard InChI is InChI=1S/C13H13BrN2O4/c14-9-5-8(6-11(7-9)16(19)20)13(18)15-10-1-3-12(17)4-2-10/h5-7,10H,1-4H2,(H,15,18). The minimum atomic E-state index is -0.541. The van der Waals surface area contributed by atoms with Crippen LogP contribution < -0.4 is 5.32 Å². The Morgan fingerprint density at radius 3 is 2.55 bits per heavy atom. The van der Waals surface area contributed by atoms with Crippen molar-refractivity contribution < 1.29 is 14.5 Å². The highest BCUT2D eigenvalue weighted by Gasteiger charge is 2.21. The quantitative estimate of drug-likeness (QED) is 0.676. The predicted molar refractivity (Wildman–Crippen MR) is 75.5 cm³/mol. The summed E-state index contributed by atoms with van der Waals surface area (Å²) in [7, 11) is 0. The lowest BCUT2D eigenvalue weighted by molar-refractivity contribution is -0.385. The van der Waals surface area contributed by atoms with Crippen LogP contribution in [0.4, 0.5) is 5.69 Å². The summed E-state index contributed by atoms with van der Waals surface area (Å²) in [6.45, 7) is 0. The molecule has 0 aliphatic heterocycles. The first-order valence-corrected chi connectivity index (χ1v) is 7.02. The topological polar surface area (TPSA) is 89.3 Å². The van der Waals surface area contributed by atoms with Crippen LogP contribution in [0.2, 0.25) is 0 Å². The number of carbonyl (C=O) groups is 2. The molecule has 0 spiro atoms. The van der Waals surface area contributed by atoms with E-state index in [9.17, 15) is 19.7 Å². The lowest BCUT2D eigenvalue weighted by Crippen LogP contribution is -2.37. The van der Waals surface area contributed by atoms with Gasteiger partial charge in [-0.25, -0.2) is 0 Å². The second-order valence-corrected chi connectivity index (χ2v) is 5.66. The number of amides is 1. The number of non-ortho nitro benzene ring substituents is 1. The van der Waals surface area contributed by atoms with E-state index in [0.717, 1.165) is 0 Å². The number of nitro benzene ring substituents is 1. The zero-order valence-electron chi connectivity index (χ0n) is 10.6. The molecular formula is C13H13BrN2O4. The molecule has 20 heavy (non-hydrogen) atoms. The Labute approximate surface area is 123 Å². The summed E-state index contributed by atoms with van der Waals surface area (Å²) in [5, 5.41) is 13.6. The van der Waals surface area contributed by atoms with E-state index in [-0.39, 0.29) is 29.0 Å². The van der Waals surface area contributed by atoms with Crippen molar-refractivity contribution >= 4 is 33.3 Å². The Morgan fingerprint density at radius 1 is 1.30 bits per heavy atom. The van der Waals surface area contributed by atoms with Crippen LogP contribution in [0.15, 0.2) is 22.7 Å². The first-order valence-electron chi connectivity index (χ1n) is 6.23. The third-order valence-corrected chi connectivity index (χ3v) is 3.69. The summed E-state index contributed by atoms with van der Waals surface area (Å²) in [6.07, 6.45) is 2.20. The van der Waals surface area contributed by atoms with Gasteiger partial charge >= 0.3 is 0 Å². The van der Waals surface area contributed by atoms with Crippen LogP contribution >= 0.6 is 15.9 Å². The number of Topliss-reactive ketones (excluding diaryl/α,β-unsaturated/α-hetero) is 1. The second kappa shape index (κ2) is 6.13. The lowest BCUT2D eigenvalue weighted by Gasteiger charge is -2.22. The van der Waals surface area contributed by atoms with E-state index in [1.165, 1.54) is 18.2 Å². The SMILES string of the molecule is O=C1CCC(NC(=O)c2cc(Br)cc([N+](=O)[O-])c2)CC1. The lowest BCUT2D eigenvalue weighted by atomic mass is 9.94. The number of halogens is 1. The van der Waals surface area contributed by atoms with E-state index in [4.69, 9.17) is 0 Å². The first-order chi connectivity index (χ1) is 9.45. The first kappa shape index (κ1) is 14.6. The van der Waals surface area contributed by atoms with Gasteiger partial charge in [0.05, 0.1) is 4.92 Å². The van der Waals surface area contributed by atoms with Gasteiger partial charge in [0, 0.05) is 41.1 Å². The van der Waals surface area contributed by atoms with E-state index >= 15 is 0 Å². The number of rotatable bonds is 3. The molecule has 1 saturated carbocycles. The highest BCUT2D eigenvalue weighted by Crippen LogP contribution is 2.22. The van der Waals surface area contributed by atoms with Crippen LogP contribution in [-0.4, -0.2) is 22.7 Å². The van der Waals surface area contributed by atoms with E-state index in [0.29, 0.717) is 30.2 Å². The molecule has 7 heteroatoms. The van der Waals surface area contributed by atoms with Crippen LogP contribution in [0, 0.1) is 10.1 Å². The van der Waals surface area contributed by atoms with Crippen molar-refractivity contribution in [1.29, 1.82) is 0 Å². The molecule has 2 rings (SSSR count). The molecule has 1 fully saturated rings. The Hall–Kier alpha value is -1.76. The van der Waals surface area contributed by atoms with Gasteiger partial charge in [-0.15, -0.1) is 0 Å². The maximum atomic E-state index is 12.1. The molecule has 0 unspecified atom stereocenters. The summed E-state index contributed by atoms with van der Waals surface area (Å²) >= 11 is 3.15. The maximum absolute atomic E-state index is 12.1. The molecule has 6 nitrogen and oxygen atoms in total. The molecule has 1 aliphatic rings. The Bertz CT molecular complexity index is 563. The second-order valence-electron chi connectivity index (χ2n) is 4.74. The molecule has 1 aliphatic carbocycles. The smallest absolute Gasteiger partial charge is 0.271 e. The van der Waals surface area contributed by atoms with Gasteiger partial charge in [0.25, 0.3) is 11.6 Å². The summed E-state index contributed by atoms with van der Waals surface area (Å²) in [5.41, 5.74) is 0.103. The van der Waals surface area contributed by atoms with Crippen molar-refractivity contribution in [2.45, 2.75) is 31.7 Å². The van der Waals surface area contributed by atoms with Crippen LogP contribution in [0.1, 0.15) is 36.0 Å². The zero-order valence-corrected chi connectivity index (χ0v) is 12.2. The fourth-order valence-corrected chi connectivity index (χ4v) is 2.64. The molecule has 0 aromatic heterocycles. The number of hydrogen-bond donors (Lipinski definition) is 1. The molecule has 0 heterocycles. The van der Waals surface area contributed by atoms with Gasteiger partial charge in [0.15, 0.2) is 0 Å². The molecule has 1 aromatic carbocycles. The Morgan fingerprint density at radius 2 is 1.95 bits per heavy atom. The van der Waals surface area contributed by atoms with Crippen LogP contribution in [-0.2, 0) is 4.79 Å². The molecule has 1 N–H and O–H groups in total. The summed E-state index contributed by atoms with van der Waals surface area (Å²) < 4.78 is 0.482. The monoisotopic (exact) mass is 340 g/mol. The number of nitro groups is 1. The Kier molecular flexibility index (Phi) is 4.49. The van der Waals surface area contributed by atoms with Crippen molar-refractivity contribution in [2.75, 3.05) is 0 Å². The fraction of sp³-hybridized carbons (Fsp3) is 0.385. The van der Waals surface area contributed by atoms with Crippen LogP contribution in [0.5, 0.6) is 0 Å². The van der Waals surface area contributed by atoms with E-state index < -0.39 is 4.92 Å². The van der Waals surface area contributed by atoms with Crippen molar-refractivity contribution in [3.05, 3.63) is 38.3 Å². The molecule has 0 saturated heterocycles. The number of hydrogen-bond acceptors (Lipinski definition) is 4. The van der Waals surface area contributed by atoms with E-state index in [1.54, 1.807) is 0 Å². The van der Waals surface area contributed by atoms with Gasteiger partial charge in [-0.1, -0.05) is 15.9 Å². The van der Waals surface area contributed by atoms with Gasteiger partial charge in [0.2, 0.25) is 0 Å².